The zero-order valence-corrected chi connectivity index (χ0v) is 35.1. The molecule has 1 radical (unpaired) electrons. The summed E-state index contributed by atoms with van der Waals surface area (Å²) < 4.78 is 6.62. The number of hydrogen-bond donors (Lipinski definition) is 1. The average Bonchev–Trinajstić information content (AvgIpc) is 3.45. The van der Waals surface area contributed by atoms with Gasteiger partial charge in [0, 0.05) is 60.7 Å². The first-order valence-electron chi connectivity index (χ1n) is 18.8. The fourth-order valence-corrected chi connectivity index (χ4v) is 7.71. The summed E-state index contributed by atoms with van der Waals surface area (Å²) in [6, 6.07) is 21.2. The van der Waals surface area contributed by atoms with Crippen molar-refractivity contribution in [2.24, 2.45) is 11.8 Å². The maximum absolute atomic E-state index is 11.7. The summed E-state index contributed by atoms with van der Waals surface area (Å²) in [7, 11) is 0. The molecule has 0 atom stereocenters. The Morgan fingerprint density at radius 3 is 2.04 bits per heavy atom. The minimum absolute atomic E-state index is 0. The molecule has 0 fully saturated rings. The van der Waals surface area contributed by atoms with E-state index >= 15 is 0 Å². The molecular formula is C46H58IrNO3-. The van der Waals surface area contributed by atoms with Gasteiger partial charge in [-0.05, 0) is 84.1 Å². The smallest absolute Gasteiger partial charge is 0.162 e. The fourth-order valence-electron chi connectivity index (χ4n) is 7.71. The van der Waals surface area contributed by atoms with Crippen molar-refractivity contribution >= 4 is 38.5 Å². The molecule has 3 aromatic carbocycles. The Bertz CT molecular complexity index is 2030. The van der Waals surface area contributed by atoms with Crippen molar-refractivity contribution in [2.45, 2.75) is 131 Å². The summed E-state index contributed by atoms with van der Waals surface area (Å²) in [6.45, 7) is 24.3. The number of rotatable bonds is 8. The number of benzene rings is 3. The molecule has 1 aliphatic rings. The van der Waals surface area contributed by atoms with E-state index in [9.17, 15) is 9.90 Å². The first-order valence-corrected chi connectivity index (χ1v) is 18.8. The fraction of sp³-hybridized carbons (Fsp3) is 0.478. The number of ketones is 1. The van der Waals surface area contributed by atoms with Crippen molar-refractivity contribution in [1.29, 1.82) is 0 Å². The van der Waals surface area contributed by atoms with Crippen LogP contribution in [0.1, 0.15) is 131 Å². The van der Waals surface area contributed by atoms with E-state index in [1.54, 1.807) is 0 Å². The van der Waals surface area contributed by atoms with Crippen molar-refractivity contribution in [1.82, 2.24) is 4.98 Å². The van der Waals surface area contributed by atoms with Gasteiger partial charge in [-0.2, -0.15) is 0 Å². The Balaban J connectivity index is 0.000000312. The number of aliphatic hydroxyl groups is 1. The Morgan fingerprint density at radius 2 is 1.45 bits per heavy atom. The number of allylic oxidation sites excluding steroid dienone is 2. The van der Waals surface area contributed by atoms with E-state index in [1.165, 1.54) is 46.4 Å². The molecule has 0 saturated carbocycles. The van der Waals surface area contributed by atoms with Gasteiger partial charge >= 0.3 is 0 Å². The molecule has 51 heavy (non-hydrogen) atoms. The second-order valence-electron chi connectivity index (χ2n) is 16.7. The third kappa shape index (κ3) is 8.21. The summed E-state index contributed by atoms with van der Waals surface area (Å²) in [5.74, 6) is 0.547. The van der Waals surface area contributed by atoms with Crippen molar-refractivity contribution in [3.05, 3.63) is 89.3 Å². The zero-order chi connectivity index (χ0) is 36.6. The predicted octanol–water partition coefficient (Wildman–Crippen LogP) is 13.1. The summed E-state index contributed by atoms with van der Waals surface area (Å²) in [5, 5.41) is 14.4. The summed E-state index contributed by atoms with van der Waals surface area (Å²) in [6.07, 6.45) is 9.21. The number of carbonyl (C=O) groups is 1. The maximum atomic E-state index is 11.7. The molecule has 2 heterocycles. The quantitative estimate of drug-likeness (QED) is 0.0959. The van der Waals surface area contributed by atoms with Gasteiger partial charge in [0.25, 0.3) is 0 Å². The number of hydrogen-bond acceptors (Lipinski definition) is 4. The van der Waals surface area contributed by atoms with E-state index in [4.69, 9.17) is 9.40 Å². The van der Waals surface area contributed by atoms with Crippen LogP contribution in [0.2, 0.25) is 0 Å². The van der Waals surface area contributed by atoms with Gasteiger partial charge in [-0.3, -0.25) is 9.78 Å². The van der Waals surface area contributed by atoms with Gasteiger partial charge in [0.2, 0.25) is 0 Å². The van der Waals surface area contributed by atoms with Crippen molar-refractivity contribution in [3.8, 4) is 11.3 Å². The Hall–Kier alpha value is -3.27. The standard InChI is InChI=1S/C33H34NO.C13H24O2.Ir/c1-31(2,3)25-17-21(16-20-10-8-9-11-22(20)25)29-30-23(12-15-34-29)24-18-26-27(19-28(24)35-30)33(6,7)14-13-32(26,4)5;1-5-10(6-2)12(14)9-13(15)11(7-3)8-4;/h8-12,15,17-19H,13-14H2,1-7H3;9-11,14H,5-8H2,1-4H3;/q-1;;/b;12-9-;. The van der Waals surface area contributed by atoms with Crippen LogP contribution in [0.15, 0.2) is 71.0 Å². The summed E-state index contributed by atoms with van der Waals surface area (Å²) >= 11 is 0. The molecule has 0 aliphatic heterocycles. The molecule has 6 rings (SSSR count). The number of carbonyl (C=O) groups excluding carboxylic acids is 1. The number of furan rings is 1. The molecule has 1 aliphatic carbocycles. The Labute approximate surface area is 319 Å². The van der Waals surface area contributed by atoms with E-state index in [-0.39, 0.29) is 59.7 Å². The minimum Gasteiger partial charge on any atom is -0.512 e. The van der Waals surface area contributed by atoms with Crippen LogP contribution in [0.5, 0.6) is 0 Å². The minimum atomic E-state index is 0. The van der Waals surface area contributed by atoms with Crippen LogP contribution < -0.4 is 0 Å². The molecule has 0 amide bonds. The zero-order valence-electron chi connectivity index (χ0n) is 32.7. The first kappa shape index (κ1) is 40.5. The van der Waals surface area contributed by atoms with Gasteiger partial charge < -0.3 is 9.52 Å². The van der Waals surface area contributed by atoms with Crippen LogP contribution in [0, 0.1) is 17.9 Å². The van der Waals surface area contributed by atoms with Gasteiger partial charge in [-0.15, -0.1) is 29.1 Å². The van der Waals surface area contributed by atoms with Gasteiger partial charge in [0.15, 0.2) is 5.78 Å². The molecule has 4 nitrogen and oxygen atoms in total. The Morgan fingerprint density at radius 1 is 0.863 bits per heavy atom. The largest absolute Gasteiger partial charge is 0.512 e. The topological polar surface area (TPSA) is 63.3 Å². The number of aromatic nitrogens is 1. The van der Waals surface area contributed by atoms with Crippen LogP contribution in [0.4, 0.5) is 0 Å². The molecule has 1 N–H and O–H groups in total. The molecule has 0 saturated heterocycles. The van der Waals surface area contributed by atoms with Crippen LogP contribution in [0.3, 0.4) is 0 Å². The number of pyridine rings is 1. The summed E-state index contributed by atoms with van der Waals surface area (Å²) in [5.41, 5.74) is 8.14. The normalized spacial score (nSPS) is 15.5. The van der Waals surface area contributed by atoms with E-state index in [0.29, 0.717) is 0 Å². The number of fused-ring (bicyclic) bond motifs is 5. The Kier molecular flexibility index (Phi) is 12.5. The van der Waals surface area contributed by atoms with E-state index in [0.717, 1.165) is 58.9 Å². The van der Waals surface area contributed by atoms with E-state index in [2.05, 4.69) is 103 Å². The van der Waals surface area contributed by atoms with Gasteiger partial charge in [-0.25, -0.2) is 0 Å². The second kappa shape index (κ2) is 15.8. The first-order chi connectivity index (χ1) is 23.6. The third-order valence-corrected chi connectivity index (χ3v) is 11.3. The van der Waals surface area contributed by atoms with Crippen LogP contribution in [-0.4, -0.2) is 15.9 Å². The maximum Gasteiger partial charge on any atom is 0.162 e. The van der Waals surface area contributed by atoms with Gasteiger partial charge in [0.05, 0.1) is 5.76 Å². The second-order valence-corrected chi connectivity index (χ2v) is 16.7. The van der Waals surface area contributed by atoms with Crippen LogP contribution in [0.25, 0.3) is 44.0 Å². The molecule has 5 heteroatoms. The molecule has 5 aromatic rings. The number of aliphatic hydroxyl groups excluding tert-OH is 1. The number of nitrogens with zero attached hydrogens (tertiary/aromatic N) is 1. The van der Waals surface area contributed by atoms with E-state index < -0.39 is 0 Å². The van der Waals surface area contributed by atoms with Crippen LogP contribution in [-0.2, 0) is 41.1 Å². The average molecular weight is 865 g/mol. The summed E-state index contributed by atoms with van der Waals surface area (Å²) in [4.78, 5) is 16.5. The monoisotopic (exact) mass is 865 g/mol. The SMILES string of the molecule is CC(C)(C)c1cc(-c2nccc3c2oc2cc4c(cc23)C(C)(C)CCC4(C)C)[c-]c2ccccc12.CCC(CC)C(=O)/C=C(\O)C(CC)CC.[Ir]. The van der Waals surface area contributed by atoms with Crippen molar-refractivity contribution in [3.63, 3.8) is 0 Å². The molecule has 0 unspecified atom stereocenters. The third-order valence-electron chi connectivity index (χ3n) is 11.3. The predicted molar refractivity (Wildman–Crippen MR) is 211 cm³/mol. The van der Waals surface area contributed by atoms with Gasteiger partial charge in [-0.1, -0.05) is 105 Å². The molecule has 0 spiro atoms. The molecule has 2 aromatic heterocycles. The van der Waals surface area contributed by atoms with Crippen molar-refractivity contribution in [2.75, 3.05) is 0 Å². The van der Waals surface area contributed by atoms with E-state index in [1.807, 2.05) is 33.9 Å². The van der Waals surface area contributed by atoms with Gasteiger partial charge in [0.1, 0.15) is 11.2 Å². The molecule has 275 valence electrons. The van der Waals surface area contributed by atoms with Crippen LogP contribution >= 0.6 is 0 Å². The molecular weight excluding hydrogens is 807 g/mol. The van der Waals surface area contributed by atoms with Crippen molar-refractivity contribution < 1.29 is 34.4 Å². The molecule has 0 bridgehead atoms.